The van der Waals surface area contributed by atoms with Crippen LogP contribution in [0.15, 0.2) is 53.9 Å². The van der Waals surface area contributed by atoms with Crippen molar-refractivity contribution in [3.63, 3.8) is 0 Å². The Morgan fingerprint density at radius 3 is 2.60 bits per heavy atom. The van der Waals surface area contributed by atoms with Crippen LogP contribution in [-0.2, 0) is 16.4 Å². The predicted molar refractivity (Wildman–Crippen MR) is 124 cm³/mol. The molecule has 0 unspecified atom stereocenters. The molecule has 0 spiro atoms. The lowest BCUT2D eigenvalue weighted by Crippen LogP contribution is -2.25. The molecule has 0 saturated carbocycles. The highest BCUT2D eigenvalue weighted by atomic mass is 32.2. The van der Waals surface area contributed by atoms with Gasteiger partial charge in [0.05, 0.1) is 22.7 Å². The minimum Gasteiger partial charge on any atom is -0.359 e. The molecule has 35 heavy (non-hydrogen) atoms. The van der Waals surface area contributed by atoms with Crippen LogP contribution in [0.5, 0.6) is 0 Å². The van der Waals surface area contributed by atoms with Crippen LogP contribution in [0.1, 0.15) is 6.92 Å². The van der Waals surface area contributed by atoms with Crippen molar-refractivity contribution in [2.45, 2.75) is 30.6 Å². The summed E-state index contributed by atoms with van der Waals surface area (Å²) in [6, 6.07) is 9.14. The standard InChI is InChI=1S/C21H21F3N8O2S/c1-13(9-32-12-25-11-27-32)28-20-30-17-7-6-16(14-4-3-5-15(8-14)35(2,33)34)29-18(17)19(31-20)26-10-21(22,23)24/h3-8,11-13H,9-10H2,1-2H3,(H2,26,28,30,31)/t13-/m0/s1. The van der Waals surface area contributed by atoms with Crippen molar-refractivity contribution in [2.75, 3.05) is 23.4 Å². The maximum atomic E-state index is 12.9. The first-order chi connectivity index (χ1) is 16.5. The number of nitrogens with zero attached hydrogens (tertiary/aromatic N) is 6. The normalized spacial score (nSPS) is 13.1. The third kappa shape index (κ3) is 6.20. The zero-order valence-electron chi connectivity index (χ0n) is 18.7. The van der Waals surface area contributed by atoms with E-state index in [0.29, 0.717) is 23.3 Å². The molecule has 0 radical (unpaired) electrons. The summed E-state index contributed by atoms with van der Waals surface area (Å²) in [5.74, 6) is 0.00677. The molecule has 14 heteroatoms. The predicted octanol–water partition coefficient (Wildman–Crippen LogP) is 3.16. The summed E-state index contributed by atoms with van der Waals surface area (Å²) in [6.07, 6.45) is -0.453. The van der Waals surface area contributed by atoms with Gasteiger partial charge < -0.3 is 10.6 Å². The van der Waals surface area contributed by atoms with Crippen LogP contribution in [-0.4, -0.2) is 63.2 Å². The van der Waals surface area contributed by atoms with Crippen LogP contribution in [0, 0.1) is 0 Å². The summed E-state index contributed by atoms with van der Waals surface area (Å²) in [5, 5.41) is 9.37. The third-order valence-electron chi connectivity index (χ3n) is 4.86. The average molecular weight is 507 g/mol. The Balaban J connectivity index is 1.71. The third-order valence-corrected chi connectivity index (χ3v) is 5.97. The molecule has 0 amide bonds. The Morgan fingerprint density at radius 1 is 1.11 bits per heavy atom. The second-order valence-corrected chi connectivity index (χ2v) is 9.91. The van der Waals surface area contributed by atoms with Crippen LogP contribution in [0.2, 0.25) is 0 Å². The van der Waals surface area contributed by atoms with E-state index in [4.69, 9.17) is 0 Å². The zero-order valence-corrected chi connectivity index (χ0v) is 19.5. The number of rotatable bonds is 8. The van der Waals surface area contributed by atoms with Crippen molar-refractivity contribution in [1.82, 2.24) is 29.7 Å². The Hall–Kier alpha value is -3.81. The van der Waals surface area contributed by atoms with Gasteiger partial charge in [0, 0.05) is 17.9 Å². The van der Waals surface area contributed by atoms with Gasteiger partial charge in [0.15, 0.2) is 15.7 Å². The zero-order chi connectivity index (χ0) is 25.2. The van der Waals surface area contributed by atoms with Crippen LogP contribution in [0.3, 0.4) is 0 Å². The van der Waals surface area contributed by atoms with Crippen molar-refractivity contribution in [3.8, 4) is 11.3 Å². The molecule has 1 aromatic carbocycles. The fourth-order valence-corrected chi connectivity index (χ4v) is 3.97. The van der Waals surface area contributed by atoms with E-state index >= 15 is 0 Å². The summed E-state index contributed by atoms with van der Waals surface area (Å²) < 4.78 is 64.3. The molecular weight excluding hydrogens is 485 g/mol. The summed E-state index contributed by atoms with van der Waals surface area (Å²) >= 11 is 0. The Bertz CT molecular complexity index is 1440. The number of pyridine rings is 1. The van der Waals surface area contributed by atoms with Gasteiger partial charge in [0.25, 0.3) is 0 Å². The minimum absolute atomic E-state index is 0.101. The van der Waals surface area contributed by atoms with Crippen LogP contribution in [0.4, 0.5) is 24.9 Å². The first-order valence-corrected chi connectivity index (χ1v) is 12.3. The second-order valence-electron chi connectivity index (χ2n) is 7.89. The number of hydrogen-bond donors (Lipinski definition) is 2. The highest BCUT2D eigenvalue weighted by molar-refractivity contribution is 7.90. The van der Waals surface area contributed by atoms with E-state index in [1.54, 1.807) is 35.3 Å². The van der Waals surface area contributed by atoms with E-state index in [1.165, 1.54) is 18.5 Å². The number of hydrogen-bond acceptors (Lipinski definition) is 9. The van der Waals surface area contributed by atoms with Crippen molar-refractivity contribution < 1.29 is 21.6 Å². The fraction of sp³-hybridized carbons (Fsp3) is 0.286. The van der Waals surface area contributed by atoms with Gasteiger partial charge in [-0.25, -0.2) is 23.4 Å². The molecule has 0 fully saturated rings. The number of sulfone groups is 1. The van der Waals surface area contributed by atoms with Gasteiger partial charge >= 0.3 is 6.18 Å². The Kier molecular flexibility index (Phi) is 6.56. The molecule has 0 aliphatic rings. The molecule has 0 aliphatic heterocycles. The van der Waals surface area contributed by atoms with Crippen molar-refractivity contribution in [3.05, 3.63) is 49.1 Å². The molecule has 0 bridgehead atoms. The lowest BCUT2D eigenvalue weighted by Gasteiger charge is -2.16. The van der Waals surface area contributed by atoms with Gasteiger partial charge in [-0.2, -0.15) is 23.3 Å². The van der Waals surface area contributed by atoms with E-state index in [2.05, 4.69) is 35.7 Å². The van der Waals surface area contributed by atoms with Crippen LogP contribution >= 0.6 is 0 Å². The average Bonchev–Trinajstić information content (AvgIpc) is 3.29. The number of alkyl halides is 3. The Labute approximate surface area is 198 Å². The van der Waals surface area contributed by atoms with Crippen molar-refractivity contribution in [1.29, 1.82) is 0 Å². The summed E-state index contributed by atoms with van der Waals surface area (Å²) in [5.41, 5.74) is 1.27. The first-order valence-electron chi connectivity index (χ1n) is 10.4. The SMILES string of the molecule is C[C@@H](Cn1cncn1)Nc1nc(NCC(F)(F)F)c2nc(-c3cccc(S(C)(=O)=O)c3)ccc2n1. The van der Waals surface area contributed by atoms with Crippen molar-refractivity contribution in [2.24, 2.45) is 0 Å². The molecule has 3 aromatic heterocycles. The molecule has 4 aromatic rings. The highest BCUT2D eigenvalue weighted by Crippen LogP contribution is 2.27. The molecule has 1 atom stereocenters. The van der Waals surface area contributed by atoms with E-state index in [9.17, 15) is 21.6 Å². The summed E-state index contributed by atoms with van der Waals surface area (Å²) in [6.45, 7) is 0.956. The molecule has 184 valence electrons. The maximum absolute atomic E-state index is 12.9. The molecule has 4 rings (SSSR count). The largest absolute Gasteiger partial charge is 0.405 e. The number of aromatic nitrogens is 6. The maximum Gasteiger partial charge on any atom is 0.405 e. The number of anilines is 2. The van der Waals surface area contributed by atoms with Crippen molar-refractivity contribution >= 4 is 32.6 Å². The molecular formula is C21H21F3N8O2S. The van der Waals surface area contributed by atoms with E-state index < -0.39 is 22.6 Å². The molecule has 0 saturated heterocycles. The fourth-order valence-electron chi connectivity index (χ4n) is 3.31. The molecule has 0 aliphatic carbocycles. The molecule has 2 N–H and O–H groups in total. The summed E-state index contributed by atoms with van der Waals surface area (Å²) in [7, 11) is -3.45. The Morgan fingerprint density at radius 2 is 1.91 bits per heavy atom. The van der Waals surface area contributed by atoms with Gasteiger partial charge in [-0.3, -0.25) is 4.68 Å². The lowest BCUT2D eigenvalue weighted by molar-refractivity contribution is -0.115. The first kappa shape index (κ1) is 24.3. The number of benzene rings is 1. The van der Waals surface area contributed by atoms with Crippen LogP contribution in [0.25, 0.3) is 22.3 Å². The smallest absolute Gasteiger partial charge is 0.359 e. The number of halogens is 3. The van der Waals surface area contributed by atoms with Gasteiger partial charge in [0.2, 0.25) is 5.95 Å². The highest BCUT2D eigenvalue weighted by Gasteiger charge is 2.27. The second kappa shape index (κ2) is 9.44. The number of nitrogens with one attached hydrogen (secondary N) is 2. The quantitative estimate of drug-likeness (QED) is 0.370. The van der Waals surface area contributed by atoms with E-state index in [0.717, 1.165) is 6.26 Å². The topological polar surface area (TPSA) is 128 Å². The monoisotopic (exact) mass is 506 g/mol. The number of fused-ring (bicyclic) bond motifs is 1. The van der Waals surface area contributed by atoms with Gasteiger partial charge in [0.1, 0.15) is 24.7 Å². The van der Waals surface area contributed by atoms with Gasteiger partial charge in [-0.1, -0.05) is 12.1 Å². The molecule has 3 heterocycles. The van der Waals surface area contributed by atoms with Crippen LogP contribution < -0.4 is 10.6 Å². The summed E-state index contributed by atoms with van der Waals surface area (Å²) in [4.78, 5) is 17.0. The molecule has 10 nitrogen and oxygen atoms in total. The van der Waals surface area contributed by atoms with E-state index in [-0.39, 0.29) is 28.2 Å². The van der Waals surface area contributed by atoms with E-state index in [1.807, 2.05) is 6.92 Å². The minimum atomic E-state index is -4.48. The lowest BCUT2D eigenvalue weighted by atomic mass is 10.1. The van der Waals surface area contributed by atoms with Gasteiger partial charge in [-0.15, -0.1) is 0 Å². The van der Waals surface area contributed by atoms with Gasteiger partial charge in [-0.05, 0) is 31.2 Å².